The monoisotopic (exact) mass is 373 g/mol. The second-order valence-electron chi connectivity index (χ2n) is 7.77. The van der Waals surface area contributed by atoms with Gasteiger partial charge in [-0.15, -0.1) is 0 Å². The van der Waals surface area contributed by atoms with E-state index in [9.17, 15) is 14.4 Å². The molecule has 2 aliphatic rings. The highest BCUT2D eigenvalue weighted by atomic mass is 16.5. The lowest BCUT2D eigenvalue weighted by atomic mass is 9.85. The van der Waals surface area contributed by atoms with Gasteiger partial charge in [-0.3, -0.25) is 14.9 Å². The minimum Gasteiger partial charge on any atom is -0.496 e. The third-order valence-corrected chi connectivity index (χ3v) is 5.47. The number of methoxy groups -OCH3 is 1. The van der Waals surface area contributed by atoms with Gasteiger partial charge in [0.05, 0.1) is 7.11 Å². The Kier molecular flexibility index (Phi) is 5.13. The van der Waals surface area contributed by atoms with Crippen molar-refractivity contribution in [3.63, 3.8) is 0 Å². The smallest absolute Gasteiger partial charge is 0.325 e. The fraction of sp³-hybridized carbons (Fsp3) is 0.550. The number of nitrogens with one attached hydrogen (secondary N) is 1. The number of carbonyl (C=O) groups is 3. The lowest BCUT2D eigenvalue weighted by Gasteiger charge is -2.42. The maximum absolute atomic E-state index is 12.9. The molecule has 0 bridgehead atoms. The van der Waals surface area contributed by atoms with Crippen LogP contribution in [-0.2, 0) is 4.79 Å². The van der Waals surface area contributed by atoms with Crippen molar-refractivity contribution < 1.29 is 19.1 Å². The van der Waals surface area contributed by atoms with E-state index in [0.29, 0.717) is 38.0 Å². The van der Waals surface area contributed by atoms with Crippen molar-refractivity contribution >= 4 is 17.8 Å². The first-order valence-electron chi connectivity index (χ1n) is 9.35. The highest BCUT2D eigenvalue weighted by Gasteiger charge is 2.54. The molecule has 0 atom stereocenters. The number of rotatable bonds is 4. The number of hydrogen-bond acceptors (Lipinski definition) is 4. The first-order chi connectivity index (χ1) is 12.8. The first-order valence-corrected chi connectivity index (χ1v) is 9.35. The molecule has 0 aromatic heterocycles. The second-order valence-corrected chi connectivity index (χ2v) is 7.77. The van der Waals surface area contributed by atoms with Crippen LogP contribution in [0.3, 0.4) is 0 Å². The topological polar surface area (TPSA) is 79.0 Å². The Bertz CT molecular complexity index is 766. The normalized spacial score (nSPS) is 19.0. The summed E-state index contributed by atoms with van der Waals surface area (Å²) in [4.78, 5) is 41.0. The van der Waals surface area contributed by atoms with Gasteiger partial charge in [0.25, 0.3) is 11.8 Å². The van der Waals surface area contributed by atoms with Gasteiger partial charge in [-0.2, -0.15) is 0 Å². The molecular formula is C20H27N3O4. The minimum absolute atomic E-state index is 0.0595. The van der Waals surface area contributed by atoms with Gasteiger partial charge in [-0.05, 0) is 49.4 Å². The predicted octanol–water partition coefficient (Wildman–Crippen LogP) is 2.19. The molecule has 7 heteroatoms. The molecule has 1 N–H and O–H groups in total. The molecule has 27 heavy (non-hydrogen) atoms. The van der Waals surface area contributed by atoms with Gasteiger partial charge in [0.15, 0.2) is 0 Å². The van der Waals surface area contributed by atoms with Gasteiger partial charge < -0.3 is 14.5 Å². The summed E-state index contributed by atoms with van der Waals surface area (Å²) in [6, 6.07) is 5.05. The number of likely N-dealkylation sites (tertiary alicyclic amines) is 1. The van der Waals surface area contributed by atoms with Crippen molar-refractivity contribution in [2.45, 2.75) is 39.2 Å². The number of ether oxygens (including phenoxy) is 1. The lowest BCUT2D eigenvalue weighted by Crippen LogP contribution is -2.58. The number of nitrogens with zero attached hydrogens (tertiary/aromatic N) is 2. The summed E-state index contributed by atoms with van der Waals surface area (Å²) in [6.45, 7) is 7.36. The molecule has 7 nitrogen and oxygen atoms in total. The maximum atomic E-state index is 12.9. The van der Waals surface area contributed by atoms with Gasteiger partial charge >= 0.3 is 6.03 Å². The fourth-order valence-electron chi connectivity index (χ4n) is 3.99. The average molecular weight is 373 g/mol. The number of amides is 4. The van der Waals surface area contributed by atoms with Crippen molar-refractivity contribution in [1.82, 2.24) is 15.1 Å². The molecule has 3 rings (SSSR count). The van der Waals surface area contributed by atoms with E-state index in [0.717, 1.165) is 11.3 Å². The van der Waals surface area contributed by atoms with Crippen LogP contribution in [0.4, 0.5) is 4.79 Å². The van der Waals surface area contributed by atoms with E-state index >= 15 is 0 Å². The van der Waals surface area contributed by atoms with Crippen LogP contribution in [0.5, 0.6) is 5.75 Å². The molecule has 1 aromatic rings. The number of urea groups is 1. The quantitative estimate of drug-likeness (QED) is 0.821. The van der Waals surface area contributed by atoms with Gasteiger partial charge in [0.2, 0.25) is 0 Å². The molecular weight excluding hydrogens is 346 g/mol. The summed E-state index contributed by atoms with van der Waals surface area (Å²) in [7, 11) is 1.60. The molecule has 4 amide bonds. The van der Waals surface area contributed by atoms with E-state index < -0.39 is 5.54 Å². The number of benzene rings is 1. The average Bonchev–Trinajstić information content (AvgIpc) is 2.85. The van der Waals surface area contributed by atoms with Crippen molar-refractivity contribution in [3.8, 4) is 5.75 Å². The SMILES string of the molecule is COc1ccc(C(=O)N2CCC3(CC2)C(=O)NC(=O)N3CC(C)C)cc1C. The summed E-state index contributed by atoms with van der Waals surface area (Å²) in [5, 5.41) is 2.46. The molecule has 0 saturated carbocycles. The Morgan fingerprint density at radius 1 is 1.26 bits per heavy atom. The summed E-state index contributed by atoms with van der Waals surface area (Å²) < 4.78 is 5.25. The van der Waals surface area contributed by atoms with E-state index in [1.807, 2.05) is 26.8 Å². The minimum atomic E-state index is -0.825. The zero-order valence-electron chi connectivity index (χ0n) is 16.4. The van der Waals surface area contributed by atoms with Crippen LogP contribution in [0.25, 0.3) is 0 Å². The van der Waals surface area contributed by atoms with Crippen molar-refractivity contribution in [2.75, 3.05) is 26.7 Å². The van der Waals surface area contributed by atoms with Crippen LogP contribution in [0, 0.1) is 12.8 Å². The van der Waals surface area contributed by atoms with Crippen LogP contribution >= 0.6 is 0 Å². The molecule has 2 aliphatic heterocycles. The Morgan fingerprint density at radius 2 is 1.93 bits per heavy atom. The third-order valence-electron chi connectivity index (χ3n) is 5.47. The van der Waals surface area contributed by atoms with Crippen molar-refractivity contribution in [2.24, 2.45) is 5.92 Å². The molecule has 146 valence electrons. The van der Waals surface area contributed by atoms with Crippen LogP contribution in [0.2, 0.25) is 0 Å². The van der Waals surface area contributed by atoms with Crippen LogP contribution in [0.15, 0.2) is 18.2 Å². The van der Waals surface area contributed by atoms with Gasteiger partial charge in [-0.25, -0.2) is 4.79 Å². The van der Waals surface area contributed by atoms with E-state index in [4.69, 9.17) is 4.74 Å². The first kappa shape index (κ1) is 19.2. The molecule has 1 spiro atoms. The highest BCUT2D eigenvalue weighted by molar-refractivity contribution is 6.07. The van der Waals surface area contributed by atoms with Crippen LogP contribution in [0.1, 0.15) is 42.6 Å². The largest absolute Gasteiger partial charge is 0.496 e. The summed E-state index contributed by atoms with van der Waals surface area (Å²) in [6.07, 6.45) is 0.913. The summed E-state index contributed by atoms with van der Waals surface area (Å²) >= 11 is 0. The summed E-state index contributed by atoms with van der Waals surface area (Å²) in [5.74, 6) is 0.714. The fourth-order valence-corrected chi connectivity index (χ4v) is 3.99. The number of imide groups is 1. The molecule has 2 heterocycles. The Hall–Kier alpha value is -2.57. The highest BCUT2D eigenvalue weighted by Crippen LogP contribution is 2.34. The number of piperidine rings is 1. The molecule has 2 saturated heterocycles. The molecule has 0 unspecified atom stereocenters. The second kappa shape index (κ2) is 7.21. The Morgan fingerprint density at radius 3 is 2.48 bits per heavy atom. The molecule has 0 radical (unpaired) electrons. The maximum Gasteiger partial charge on any atom is 0.325 e. The number of aryl methyl sites for hydroxylation is 1. The summed E-state index contributed by atoms with van der Waals surface area (Å²) in [5.41, 5.74) is 0.685. The predicted molar refractivity (Wildman–Crippen MR) is 101 cm³/mol. The zero-order valence-corrected chi connectivity index (χ0v) is 16.4. The Labute approximate surface area is 159 Å². The van der Waals surface area contributed by atoms with Crippen molar-refractivity contribution in [3.05, 3.63) is 29.3 Å². The van der Waals surface area contributed by atoms with Gasteiger partial charge in [0, 0.05) is 25.2 Å². The number of hydrogen-bond donors (Lipinski definition) is 1. The van der Waals surface area contributed by atoms with Gasteiger partial charge in [-0.1, -0.05) is 13.8 Å². The van der Waals surface area contributed by atoms with E-state index in [-0.39, 0.29) is 23.8 Å². The Balaban J connectivity index is 1.74. The number of carbonyl (C=O) groups excluding carboxylic acids is 3. The van der Waals surface area contributed by atoms with Crippen molar-refractivity contribution in [1.29, 1.82) is 0 Å². The third kappa shape index (κ3) is 3.38. The molecule has 2 fully saturated rings. The zero-order chi connectivity index (χ0) is 19.8. The molecule has 0 aliphatic carbocycles. The van der Waals surface area contributed by atoms with Gasteiger partial charge in [0.1, 0.15) is 11.3 Å². The van der Waals surface area contributed by atoms with E-state index in [1.54, 1.807) is 29.0 Å². The lowest BCUT2D eigenvalue weighted by molar-refractivity contribution is -0.129. The van der Waals surface area contributed by atoms with E-state index in [1.165, 1.54) is 0 Å². The van der Waals surface area contributed by atoms with E-state index in [2.05, 4.69) is 5.32 Å². The van der Waals surface area contributed by atoms with Crippen LogP contribution in [-0.4, -0.2) is 59.9 Å². The standard InChI is InChI=1S/C20H27N3O4/c1-13(2)12-23-19(26)21-18(25)20(23)7-9-22(10-8-20)17(24)15-5-6-16(27-4)14(3)11-15/h5-6,11,13H,7-10,12H2,1-4H3,(H,21,25,26). The van der Waals surface area contributed by atoms with Crippen LogP contribution < -0.4 is 10.1 Å². The molecule has 1 aromatic carbocycles.